The SMILES string of the molecule is COc1ccc(-c2cc(-c3ccc(NS(=O)(=O)c4cccc(C(=O)c5cccc(S(=O)(=O)Nc6ccc(-c7cc(-c8ccc(OC)cc8)c(C#N)c(N)n7)cc6)c5)c4)cc3)nc(N)c2C#N)cc1. The minimum Gasteiger partial charge on any atom is -0.497 e. The Morgan fingerprint density at radius 1 is 0.515 bits per heavy atom. The molecule has 336 valence electrons. The van der Waals surface area contributed by atoms with Gasteiger partial charge >= 0.3 is 0 Å². The molecule has 0 radical (unpaired) electrons. The third kappa shape index (κ3) is 9.51. The molecule has 0 spiro atoms. The topological polar surface area (TPSA) is 253 Å². The van der Waals surface area contributed by atoms with Crippen LogP contribution in [0.15, 0.2) is 168 Å². The van der Waals surface area contributed by atoms with E-state index in [1.165, 1.54) is 48.5 Å². The lowest BCUT2D eigenvalue weighted by molar-refractivity contribution is 0.103. The lowest BCUT2D eigenvalue weighted by Gasteiger charge is -2.13. The van der Waals surface area contributed by atoms with Crippen LogP contribution >= 0.6 is 0 Å². The molecule has 2 aromatic heterocycles. The van der Waals surface area contributed by atoms with E-state index >= 15 is 0 Å². The van der Waals surface area contributed by atoms with Gasteiger partial charge in [-0.05, 0) is 96.1 Å². The number of sulfonamides is 2. The largest absolute Gasteiger partial charge is 0.497 e. The molecule has 68 heavy (non-hydrogen) atoms. The number of nitrogens with zero attached hydrogens (tertiary/aromatic N) is 4. The highest BCUT2D eigenvalue weighted by Gasteiger charge is 2.22. The predicted molar refractivity (Wildman–Crippen MR) is 260 cm³/mol. The van der Waals surface area contributed by atoms with E-state index in [2.05, 4.69) is 31.6 Å². The van der Waals surface area contributed by atoms with Crippen LogP contribution in [0.2, 0.25) is 0 Å². The molecule has 0 atom stereocenters. The van der Waals surface area contributed by atoms with Crippen LogP contribution in [0.25, 0.3) is 44.8 Å². The highest BCUT2D eigenvalue weighted by molar-refractivity contribution is 7.93. The number of carbonyl (C=O) groups is 1. The van der Waals surface area contributed by atoms with Gasteiger partial charge in [-0.15, -0.1) is 0 Å². The summed E-state index contributed by atoms with van der Waals surface area (Å²) < 4.78 is 70.1. The van der Waals surface area contributed by atoms with Crippen molar-refractivity contribution in [2.75, 3.05) is 35.1 Å². The van der Waals surface area contributed by atoms with E-state index in [-0.39, 0.29) is 55.1 Å². The summed E-state index contributed by atoms with van der Waals surface area (Å²) >= 11 is 0. The van der Waals surface area contributed by atoms with E-state index in [0.29, 0.717) is 45.1 Å². The highest BCUT2D eigenvalue weighted by atomic mass is 32.2. The van der Waals surface area contributed by atoms with E-state index in [4.69, 9.17) is 20.9 Å². The monoisotopic (exact) mass is 938 g/mol. The molecule has 0 fully saturated rings. The molecule has 0 amide bonds. The summed E-state index contributed by atoms with van der Waals surface area (Å²) in [5.41, 5.74) is 18.0. The van der Waals surface area contributed by atoms with Crippen LogP contribution in [0, 0.1) is 22.7 Å². The van der Waals surface area contributed by atoms with Gasteiger partial charge < -0.3 is 20.9 Å². The summed E-state index contributed by atoms with van der Waals surface area (Å²) in [7, 11) is -5.33. The van der Waals surface area contributed by atoms with E-state index in [1.54, 1.807) is 123 Å². The van der Waals surface area contributed by atoms with Crippen LogP contribution in [0.5, 0.6) is 11.5 Å². The molecule has 0 unspecified atom stereocenters. The Kier molecular flexibility index (Phi) is 12.6. The first-order chi connectivity index (χ1) is 32.7. The first-order valence-corrected chi connectivity index (χ1v) is 23.4. The Morgan fingerprint density at radius 2 is 0.868 bits per heavy atom. The van der Waals surface area contributed by atoms with Crippen molar-refractivity contribution in [2.45, 2.75) is 9.79 Å². The van der Waals surface area contributed by atoms with E-state index < -0.39 is 25.8 Å². The Morgan fingerprint density at radius 3 is 1.21 bits per heavy atom. The molecule has 17 heteroatoms. The Balaban J connectivity index is 0.961. The number of benzene rings is 6. The number of ketones is 1. The average Bonchev–Trinajstić information content (AvgIpc) is 3.36. The van der Waals surface area contributed by atoms with Crippen LogP contribution in [-0.4, -0.2) is 46.8 Å². The zero-order chi connectivity index (χ0) is 48.2. The van der Waals surface area contributed by atoms with Crippen LogP contribution in [0.3, 0.4) is 0 Å². The number of hydrogen-bond acceptors (Lipinski definition) is 13. The maximum absolute atomic E-state index is 13.8. The van der Waals surface area contributed by atoms with Crippen LogP contribution in [0.1, 0.15) is 27.0 Å². The van der Waals surface area contributed by atoms with Gasteiger partial charge in [0.2, 0.25) is 0 Å². The quantitative estimate of drug-likeness (QED) is 0.0744. The molecule has 0 aliphatic heterocycles. The summed E-state index contributed by atoms with van der Waals surface area (Å²) in [5.74, 6) is 0.753. The molecule has 8 aromatic rings. The van der Waals surface area contributed by atoms with Crippen molar-refractivity contribution in [1.82, 2.24) is 9.97 Å². The third-order valence-electron chi connectivity index (χ3n) is 10.8. The van der Waals surface area contributed by atoms with Gasteiger partial charge in [-0.25, -0.2) is 26.8 Å². The maximum Gasteiger partial charge on any atom is 0.261 e. The zero-order valence-electron chi connectivity index (χ0n) is 36.1. The molecule has 0 bridgehead atoms. The minimum absolute atomic E-state index is 0.00524. The van der Waals surface area contributed by atoms with E-state index in [1.807, 2.05) is 0 Å². The third-order valence-corrected chi connectivity index (χ3v) is 13.6. The minimum atomic E-state index is -4.22. The molecule has 8 rings (SSSR count). The first-order valence-electron chi connectivity index (χ1n) is 20.4. The molecular formula is C51H38N8O7S2. The van der Waals surface area contributed by atoms with Gasteiger partial charge in [0, 0.05) is 44.8 Å². The lowest BCUT2D eigenvalue weighted by atomic mass is 9.98. The molecule has 0 saturated carbocycles. The normalized spacial score (nSPS) is 11.2. The van der Waals surface area contributed by atoms with Gasteiger partial charge in [-0.1, -0.05) is 72.8 Å². The molecule has 6 aromatic carbocycles. The summed E-state index contributed by atoms with van der Waals surface area (Å²) in [6.07, 6.45) is 0. The molecule has 2 heterocycles. The Labute approximate surface area is 392 Å². The fourth-order valence-electron chi connectivity index (χ4n) is 7.28. The molecule has 6 N–H and O–H groups in total. The van der Waals surface area contributed by atoms with Gasteiger partial charge in [-0.3, -0.25) is 14.2 Å². The molecular weight excluding hydrogens is 901 g/mol. The van der Waals surface area contributed by atoms with Crippen molar-refractivity contribution in [2.24, 2.45) is 0 Å². The second-order valence-corrected chi connectivity index (χ2v) is 18.4. The van der Waals surface area contributed by atoms with Crippen LogP contribution < -0.4 is 30.4 Å². The number of nitrogen functional groups attached to an aromatic ring is 2. The Hall–Kier alpha value is -9.03. The standard InChI is InChI=1S/C51H38N8O7S2/c1-65-39-21-13-31(14-22-39)43-27-47(56-50(54)45(43)29-52)33-9-17-37(18-10-33)58-67(61,62)41-7-3-5-35(25-41)49(60)36-6-4-8-42(26-36)68(63,64)59-38-19-11-34(12-20-38)48-28-44(46(30-53)51(55)57-48)32-15-23-40(66-2)24-16-32/h3-28,58-59H,1-2H3,(H2,54,56)(H2,55,57). The van der Waals surface area contributed by atoms with Crippen molar-refractivity contribution in [3.63, 3.8) is 0 Å². The lowest BCUT2D eigenvalue weighted by Crippen LogP contribution is -2.15. The number of nitrogens with one attached hydrogen (secondary N) is 2. The molecule has 0 aliphatic rings. The summed E-state index contributed by atoms with van der Waals surface area (Å²) in [6.45, 7) is 0. The van der Waals surface area contributed by atoms with Crippen LogP contribution in [0.4, 0.5) is 23.0 Å². The number of hydrogen-bond donors (Lipinski definition) is 4. The number of anilines is 4. The fraction of sp³-hybridized carbons (Fsp3) is 0.0392. The number of carbonyl (C=O) groups excluding carboxylic acids is 1. The number of nitriles is 2. The first kappa shape index (κ1) is 45.5. The van der Waals surface area contributed by atoms with Crippen molar-refractivity contribution < 1.29 is 31.1 Å². The number of ether oxygens (including phenoxy) is 2. The van der Waals surface area contributed by atoms with Gasteiger partial charge in [0.05, 0.1) is 35.4 Å². The summed E-state index contributed by atoms with van der Waals surface area (Å²) in [6, 6.07) is 45.5. The summed E-state index contributed by atoms with van der Waals surface area (Å²) in [5, 5.41) is 19.6. The van der Waals surface area contributed by atoms with Crippen molar-refractivity contribution in [3.05, 3.63) is 180 Å². The fourth-order valence-corrected chi connectivity index (χ4v) is 9.49. The maximum atomic E-state index is 13.8. The van der Waals surface area contributed by atoms with Gasteiger partial charge in [0.25, 0.3) is 20.0 Å². The zero-order valence-corrected chi connectivity index (χ0v) is 37.8. The molecule has 0 saturated heterocycles. The number of aromatic nitrogens is 2. The van der Waals surface area contributed by atoms with E-state index in [9.17, 15) is 32.2 Å². The van der Waals surface area contributed by atoms with Crippen molar-refractivity contribution >= 4 is 48.8 Å². The van der Waals surface area contributed by atoms with Crippen LogP contribution in [-0.2, 0) is 20.0 Å². The predicted octanol–water partition coefficient (Wildman–Crippen LogP) is 8.90. The second-order valence-electron chi connectivity index (χ2n) is 15.1. The van der Waals surface area contributed by atoms with Crippen molar-refractivity contribution in [1.29, 1.82) is 10.5 Å². The van der Waals surface area contributed by atoms with Gasteiger partial charge in [0.1, 0.15) is 46.4 Å². The summed E-state index contributed by atoms with van der Waals surface area (Å²) in [4.78, 5) is 22.2. The van der Waals surface area contributed by atoms with E-state index in [0.717, 1.165) is 11.1 Å². The highest BCUT2D eigenvalue weighted by Crippen LogP contribution is 2.35. The number of nitrogens with two attached hydrogens (primary N) is 2. The number of pyridine rings is 2. The Bertz CT molecular complexity index is 3320. The molecule has 15 nitrogen and oxygen atoms in total. The average molecular weight is 939 g/mol. The van der Waals surface area contributed by atoms with Gasteiger partial charge in [0.15, 0.2) is 5.78 Å². The smallest absolute Gasteiger partial charge is 0.261 e. The van der Waals surface area contributed by atoms with Crippen molar-refractivity contribution in [3.8, 4) is 68.4 Å². The molecule has 0 aliphatic carbocycles. The second kappa shape index (κ2) is 18.8. The number of methoxy groups -OCH3 is 2. The number of rotatable bonds is 14. The van der Waals surface area contributed by atoms with Gasteiger partial charge in [-0.2, -0.15) is 10.5 Å².